The number of Topliss-reactive ketones (excluding diaryl/α,β-unsaturated/α-hetero) is 1. The Labute approximate surface area is 254 Å². The summed E-state index contributed by atoms with van der Waals surface area (Å²) in [5, 5.41) is 33.5. The second-order valence-corrected chi connectivity index (χ2v) is 11.5. The minimum atomic E-state index is -1.47. The van der Waals surface area contributed by atoms with E-state index in [4.69, 9.17) is 15.0 Å². The van der Waals surface area contributed by atoms with Crippen molar-refractivity contribution in [2.45, 2.75) is 47.0 Å². The zero-order valence-corrected chi connectivity index (χ0v) is 24.9. The van der Waals surface area contributed by atoms with Crippen LogP contribution >= 0.6 is 0 Å². The number of carboxylic acid groups (broad SMARTS) is 2. The Hall–Kier alpha value is -5.12. The van der Waals surface area contributed by atoms with Crippen LogP contribution in [-0.2, 0) is 14.4 Å². The number of carboxylic acids is 2. The fourth-order valence-corrected chi connectivity index (χ4v) is 6.88. The molecule has 2 fully saturated rings. The first-order chi connectivity index (χ1) is 21.0. The third-order valence-corrected chi connectivity index (χ3v) is 9.21. The molecule has 0 unspecified atom stereocenters. The van der Waals surface area contributed by atoms with E-state index in [1.54, 1.807) is 19.1 Å². The van der Waals surface area contributed by atoms with Crippen LogP contribution in [0.4, 0.5) is 0 Å². The number of allylic oxidation sites excluding steroid dienone is 11. The second kappa shape index (κ2) is 10.6. The first-order valence-electron chi connectivity index (χ1n) is 14.6. The van der Waals surface area contributed by atoms with Crippen LogP contribution in [-0.4, -0.2) is 50.2 Å². The molecule has 1 saturated heterocycles. The van der Waals surface area contributed by atoms with E-state index in [2.05, 4.69) is 11.9 Å². The summed E-state index contributed by atoms with van der Waals surface area (Å²) in [7, 11) is 0. The lowest BCUT2D eigenvalue weighted by atomic mass is 9.85. The summed E-state index contributed by atoms with van der Waals surface area (Å²) < 4.78 is 0. The fourth-order valence-electron chi connectivity index (χ4n) is 6.88. The third kappa shape index (κ3) is 4.24. The van der Waals surface area contributed by atoms with Gasteiger partial charge < -0.3 is 20.6 Å². The third-order valence-electron chi connectivity index (χ3n) is 9.21. The molecule has 3 atom stereocenters. The molecule has 0 aromatic rings. The number of rotatable bonds is 6. The van der Waals surface area contributed by atoms with Gasteiger partial charge in [0.25, 0.3) is 0 Å². The minimum absolute atomic E-state index is 0.131. The van der Waals surface area contributed by atoms with Crippen LogP contribution in [0, 0.1) is 17.8 Å². The van der Waals surface area contributed by atoms with Crippen molar-refractivity contribution in [3.05, 3.63) is 105 Å². The van der Waals surface area contributed by atoms with Gasteiger partial charge in [-0.1, -0.05) is 26.5 Å². The van der Waals surface area contributed by atoms with E-state index >= 15 is 0 Å². The van der Waals surface area contributed by atoms with E-state index in [9.17, 15) is 29.7 Å². The highest BCUT2D eigenvalue weighted by Crippen LogP contribution is 2.47. The molecule has 10 heteroatoms. The maximum Gasteiger partial charge on any atom is 0.319 e. The summed E-state index contributed by atoms with van der Waals surface area (Å²) in [6.45, 7) is 11.6. The quantitative estimate of drug-likeness (QED) is 0.244. The highest BCUT2D eigenvalue weighted by Gasteiger charge is 2.51. The van der Waals surface area contributed by atoms with Crippen LogP contribution in [0.3, 0.4) is 0 Å². The summed E-state index contributed by atoms with van der Waals surface area (Å²) in [6, 6.07) is 0. The Kier molecular flexibility index (Phi) is 6.95. The standard InChI is InChI=1S/C34H32N4O6/c1-6-17-14(3)21-10-22-15(4)19(8-9-27(40)41)31(37-22)29-30(34(43)44)33(42)28-16(5)23(38-32(28)29)11-25-18(7-2)20(13-39)26(36-25)12-24(17)35-21/h6,10-13,15,19,30,37,39H,1,7-9H2,2-5H3,(H,40,41)(H,43,44)/t15-,19-,30+/m0/s1. The Morgan fingerprint density at radius 1 is 1.05 bits per heavy atom. The van der Waals surface area contributed by atoms with Crippen LogP contribution < -0.4 is 5.32 Å². The summed E-state index contributed by atoms with van der Waals surface area (Å²) in [4.78, 5) is 52.6. The number of nitrogens with zero attached hydrogens (tertiary/aromatic N) is 3. The van der Waals surface area contributed by atoms with E-state index in [1.807, 2.05) is 32.9 Å². The molecule has 6 aliphatic rings. The highest BCUT2D eigenvalue weighted by atomic mass is 16.4. The molecule has 6 rings (SSSR count). The lowest BCUT2D eigenvalue weighted by Gasteiger charge is -2.18. The van der Waals surface area contributed by atoms with Crippen molar-refractivity contribution in [1.29, 1.82) is 0 Å². The average molecular weight is 593 g/mol. The van der Waals surface area contributed by atoms with Gasteiger partial charge in [0.1, 0.15) is 5.92 Å². The van der Waals surface area contributed by atoms with Crippen molar-refractivity contribution in [2.24, 2.45) is 32.7 Å². The van der Waals surface area contributed by atoms with Crippen LogP contribution in [0.15, 0.2) is 120 Å². The highest BCUT2D eigenvalue weighted by molar-refractivity contribution is 6.42. The van der Waals surface area contributed by atoms with Gasteiger partial charge in [0.2, 0.25) is 0 Å². The predicted octanol–water partition coefficient (Wildman–Crippen LogP) is 5.20. The first kappa shape index (κ1) is 29.0. The van der Waals surface area contributed by atoms with Crippen LogP contribution in [0.5, 0.6) is 0 Å². The number of aliphatic hydroxyl groups excluding tert-OH is 1. The number of aliphatic hydroxyl groups is 1. The first-order valence-corrected chi connectivity index (χ1v) is 14.6. The van der Waals surface area contributed by atoms with Gasteiger partial charge in [0.05, 0.1) is 40.5 Å². The lowest BCUT2D eigenvalue weighted by Crippen LogP contribution is -2.25. The molecule has 1 aliphatic carbocycles. The van der Waals surface area contributed by atoms with Crippen molar-refractivity contribution >= 4 is 34.9 Å². The van der Waals surface area contributed by atoms with Gasteiger partial charge in [-0.3, -0.25) is 14.4 Å². The average Bonchev–Trinajstić information content (AvgIpc) is 3.72. The number of aliphatic carboxylic acids is 2. The monoisotopic (exact) mass is 592 g/mol. The predicted molar refractivity (Wildman–Crippen MR) is 166 cm³/mol. The zero-order chi connectivity index (χ0) is 31.6. The van der Waals surface area contributed by atoms with Gasteiger partial charge >= 0.3 is 11.9 Å². The second-order valence-electron chi connectivity index (χ2n) is 11.5. The Balaban J connectivity index is 1.69. The van der Waals surface area contributed by atoms with E-state index in [1.165, 1.54) is 0 Å². The number of hydrogen-bond acceptors (Lipinski definition) is 8. The largest absolute Gasteiger partial charge is 0.515 e. The molecular weight excluding hydrogens is 560 g/mol. The Morgan fingerprint density at radius 3 is 2.43 bits per heavy atom. The lowest BCUT2D eigenvalue weighted by molar-refractivity contribution is -0.143. The van der Waals surface area contributed by atoms with E-state index < -0.39 is 29.6 Å². The SMILES string of the molecule is C=CC1=C(C)C2=NC1=CC1=NC(=C(CC)C1=CO)C=C1N=C3C(=C1C)C(=O)[C@H](C(=O)O)C3=C1NC(=C2)[C@@H](C)[C@@H]1CCC(=O)O. The summed E-state index contributed by atoms with van der Waals surface area (Å²) >= 11 is 0. The molecule has 5 heterocycles. The smallest absolute Gasteiger partial charge is 0.319 e. The van der Waals surface area contributed by atoms with Gasteiger partial charge in [-0.25, -0.2) is 15.0 Å². The van der Waals surface area contributed by atoms with Crippen molar-refractivity contribution in [3.63, 3.8) is 0 Å². The maximum absolute atomic E-state index is 13.8. The molecule has 8 bridgehead atoms. The van der Waals surface area contributed by atoms with E-state index in [-0.39, 0.29) is 29.9 Å². The van der Waals surface area contributed by atoms with Gasteiger partial charge in [0, 0.05) is 51.9 Å². The molecule has 10 nitrogen and oxygen atoms in total. The topological polar surface area (TPSA) is 161 Å². The normalized spacial score (nSPS) is 26.6. The number of aliphatic imine (C=N–C) groups is 3. The van der Waals surface area contributed by atoms with Crippen molar-refractivity contribution in [1.82, 2.24) is 5.32 Å². The maximum atomic E-state index is 13.8. The number of carbonyl (C=O) groups is 3. The number of fused-ring (bicyclic) bond motifs is 5. The van der Waals surface area contributed by atoms with Gasteiger partial charge in [0.15, 0.2) is 5.78 Å². The number of ketones is 1. The van der Waals surface area contributed by atoms with Gasteiger partial charge in [-0.2, -0.15) is 0 Å². The van der Waals surface area contributed by atoms with Crippen LogP contribution in [0.25, 0.3) is 0 Å². The molecule has 1 saturated carbocycles. The number of nitrogens with one attached hydrogen (secondary N) is 1. The Morgan fingerprint density at radius 2 is 1.80 bits per heavy atom. The fraction of sp³-hybridized carbons (Fsp3) is 0.294. The summed E-state index contributed by atoms with van der Waals surface area (Å²) in [5.74, 6) is -4.92. The molecular formula is C34H32N4O6. The molecule has 44 heavy (non-hydrogen) atoms. The van der Waals surface area contributed by atoms with Gasteiger partial charge in [-0.15, -0.1) is 0 Å². The summed E-state index contributed by atoms with van der Waals surface area (Å²) in [6.07, 6.45) is 8.87. The molecule has 0 aromatic heterocycles. The molecule has 5 aliphatic heterocycles. The molecule has 0 radical (unpaired) electrons. The van der Waals surface area contributed by atoms with Crippen LogP contribution in [0.1, 0.15) is 47.0 Å². The van der Waals surface area contributed by atoms with E-state index in [0.717, 1.165) is 28.7 Å². The summed E-state index contributed by atoms with van der Waals surface area (Å²) in [5.41, 5.74) is 8.42. The van der Waals surface area contributed by atoms with Crippen molar-refractivity contribution < 1.29 is 29.7 Å². The molecule has 0 spiro atoms. The van der Waals surface area contributed by atoms with Gasteiger partial charge in [-0.05, 0) is 61.6 Å². The van der Waals surface area contributed by atoms with Crippen molar-refractivity contribution in [3.8, 4) is 0 Å². The zero-order valence-electron chi connectivity index (χ0n) is 24.9. The minimum Gasteiger partial charge on any atom is -0.515 e. The molecule has 0 aromatic carbocycles. The van der Waals surface area contributed by atoms with Crippen LogP contribution in [0.2, 0.25) is 0 Å². The number of hydrogen-bond donors (Lipinski definition) is 4. The molecule has 224 valence electrons. The van der Waals surface area contributed by atoms with Crippen molar-refractivity contribution in [2.75, 3.05) is 0 Å². The Bertz CT molecular complexity index is 1850. The number of carbonyl (C=O) groups excluding carboxylic acids is 1. The van der Waals surface area contributed by atoms with E-state index in [0.29, 0.717) is 57.5 Å². The molecule has 0 amide bonds. The molecule has 4 N–H and O–H groups in total.